The van der Waals surface area contributed by atoms with Crippen molar-refractivity contribution in [2.75, 3.05) is 12.4 Å². The van der Waals surface area contributed by atoms with Crippen molar-refractivity contribution in [2.45, 2.75) is 13.8 Å². The molecule has 0 atom stereocenters. The summed E-state index contributed by atoms with van der Waals surface area (Å²) in [5.41, 5.74) is 6.11. The molecule has 0 saturated carbocycles. The highest BCUT2D eigenvalue weighted by Gasteiger charge is 2.16. The molecule has 0 aliphatic rings. The van der Waals surface area contributed by atoms with Gasteiger partial charge in [-0.2, -0.15) is 0 Å². The van der Waals surface area contributed by atoms with Crippen LogP contribution >= 0.6 is 0 Å². The molecule has 6 nitrogen and oxygen atoms in total. The Labute approximate surface area is 133 Å². The first-order valence-corrected chi connectivity index (χ1v) is 7.16. The van der Waals surface area contributed by atoms with Crippen molar-refractivity contribution < 1.29 is 14.2 Å². The predicted molar refractivity (Wildman–Crippen MR) is 87.7 cm³/mol. The summed E-state index contributed by atoms with van der Waals surface area (Å²) in [6.45, 7) is 3.80. The van der Waals surface area contributed by atoms with Crippen molar-refractivity contribution in [3.05, 3.63) is 53.3 Å². The van der Waals surface area contributed by atoms with Crippen molar-refractivity contribution in [3.8, 4) is 0 Å². The molecule has 0 saturated heterocycles. The van der Waals surface area contributed by atoms with E-state index < -0.39 is 0 Å². The van der Waals surface area contributed by atoms with E-state index in [1.807, 2.05) is 38.1 Å². The average Bonchev–Trinajstić information content (AvgIpc) is 2.89. The fourth-order valence-electron chi connectivity index (χ4n) is 2.41. The minimum Gasteiger partial charge on any atom is -0.360 e. The molecular weight excluding hydrogens is 294 g/mol. The molecule has 1 aromatic heterocycles. The lowest BCUT2D eigenvalue weighted by atomic mass is 10.1. The summed E-state index contributed by atoms with van der Waals surface area (Å²) in [4.78, 5) is 17.0. The lowest BCUT2D eigenvalue weighted by molar-refractivity contribution is 0.0538. The van der Waals surface area contributed by atoms with E-state index in [-0.39, 0.29) is 5.91 Å². The zero-order valence-electron chi connectivity index (χ0n) is 13.1. The number of fused-ring (bicyclic) bond motifs is 1. The smallest absolute Gasteiger partial charge is 0.276 e. The number of aromatic nitrogens is 1. The predicted octanol–water partition coefficient (Wildman–Crippen LogP) is 3.48. The van der Waals surface area contributed by atoms with Crippen LogP contribution in [0.25, 0.3) is 10.9 Å². The second kappa shape index (κ2) is 6.10. The molecule has 6 heteroatoms. The number of aryl methyl sites for hydroxylation is 2. The standard InChI is InChI=1S/C17H17N3O3/c1-10-6-4-5-7-14(10)18-15-9-16-12(11(2)23-19-16)8-13(15)17(21)20-22-3/h4-9,18H,1-3H3,(H,20,21). The SMILES string of the molecule is CONC(=O)c1cc2c(C)onc2cc1Nc1ccccc1C. The minimum atomic E-state index is -0.342. The Morgan fingerprint density at radius 1 is 1.17 bits per heavy atom. The van der Waals surface area contributed by atoms with Crippen LogP contribution in [0.2, 0.25) is 0 Å². The minimum absolute atomic E-state index is 0.342. The van der Waals surface area contributed by atoms with Crippen LogP contribution in [0.3, 0.4) is 0 Å². The van der Waals surface area contributed by atoms with Crippen molar-refractivity contribution in [1.82, 2.24) is 10.6 Å². The maximum atomic E-state index is 12.3. The Morgan fingerprint density at radius 3 is 2.70 bits per heavy atom. The van der Waals surface area contributed by atoms with Gasteiger partial charge in [-0.25, -0.2) is 5.48 Å². The molecule has 118 valence electrons. The first-order chi connectivity index (χ1) is 11.1. The average molecular weight is 311 g/mol. The number of anilines is 2. The number of hydroxylamine groups is 1. The largest absolute Gasteiger partial charge is 0.360 e. The van der Waals surface area contributed by atoms with Gasteiger partial charge in [-0.3, -0.25) is 9.63 Å². The molecule has 0 aliphatic carbocycles. The van der Waals surface area contributed by atoms with Gasteiger partial charge in [-0.1, -0.05) is 23.4 Å². The van der Waals surface area contributed by atoms with E-state index in [0.29, 0.717) is 22.5 Å². The number of amides is 1. The molecule has 0 unspecified atom stereocenters. The van der Waals surface area contributed by atoms with Crippen LogP contribution in [0.1, 0.15) is 21.7 Å². The molecule has 23 heavy (non-hydrogen) atoms. The molecule has 2 N–H and O–H groups in total. The van der Waals surface area contributed by atoms with E-state index >= 15 is 0 Å². The first-order valence-electron chi connectivity index (χ1n) is 7.16. The molecule has 1 heterocycles. The third-order valence-electron chi connectivity index (χ3n) is 3.65. The molecule has 3 aromatic rings. The number of nitrogens with zero attached hydrogens (tertiary/aromatic N) is 1. The Hall–Kier alpha value is -2.86. The quantitative estimate of drug-likeness (QED) is 0.721. The van der Waals surface area contributed by atoms with E-state index in [1.165, 1.54) is 7.11 Å². The van der Waals surface area contributed by atoms with Crippen molar-refractivity contribution in [1.29, 1.82) is 0 Å². The van der Waals surface area contributed by atoms with Gasteiger partial charge in [0.05, 0.1) is 18.4 Å². The van der Waals surface area contributed by atoms with E-state index in [2.05, 4.69) is 16.0 Å². The van der Waals surface area contributed by atoms with Crippen LogP contribution in [0.15, 0.2) is 40.9 Å². The number of carbonyl (C=O) groups excluding carboxylic acids is 1. The van der Waals surface area contributed by atoms with E-state index in [1.54, 1.807) is 12.1 Å². The highest BCUT2D eigenvalue weighted by atomic mass is 16.6. The van der Waals surface area contributed by atoms with Gasteiger partial charge in [0.15, 0.2) is 0 Å². The van der Waals surface area contributed by atoms with Crippen LogP contribution in [0.4, 0.5) is 11.4 Å². The van der Waals surface area contributed by atoms with Crippen molar-refractivity contribution in [3.63, 3.8) is 0 Å². The zero-order chi connectivity index (χ0) is 16.4. The molecule has 0 aliphatic heterocycles. The summed E-state index contributed by atoms with van der Waals surface area (Å²) in [5.74, 6) is 0.319. The number of benzene rings is 2. The third-order valence-corrected chi connectivity index (χ3v) is 3.65. The number of rotatable bonds is 4. The topological polar surface area (TPSA) is 76.4 Å². The third kappa shape index (κ3) is 2.89. The highest BCUT2D eigenvalue weighted by Crippen LogP contribution is 2.29. The van der Waals surface area contributed by atoms with Crippen LogP contribution < -0.4 is 10.8 Å². The molecule has 0 spiro atoms. The van der Waals surface area contributed by atoms with Gasteiger partial charge in [-0.05, 0) is 37.6 Å². The number of nitrogens with one attached hydrogen (secondary N) is 2. The normalized spacial score (nSPS) is 10.7. The number of hydrogen-bond donors (Lipinski definition) is 2. The van der Waals surface area contributed by atoms with Gasteiger partial charge in [0.25, 0.3) is 5.91 Å². The molecule has 1 amide bonds. The Morgan fingerprint density at radius 2 is 1.96 bits per heavy atom. The lowest BCUT2D eigenvalue weighted by Gasteiger charge is -2.13. The Balaban J connectivity index is 2.11. The second-order valence-corrected chi connectivity index (χ2v) is 5.23. The summed E-state index contributed by atoms with van der Waals surface area (Å²) >= 11 is 0. The summed E-state index contributed by atoms with van der Waals surface area (Å²) in [7, 11) is 1.40. The van der Waals surface area contributed by atoms with Gasteiger partial charge in [-0.15, -0.1) is 0 Å². The number of para-hydroxylation sites is 1. The summed E-state index contributed by atoms with van der Waals surface area (Å²) in [6, 6.07) is 11.4. The molecular formula is C17H17N3O3. The van der Waals surface area contributed by atoms with Crippen molar-refractivity contribution in [2.24, 2.45) is 0 Å². The first kappa shape index (κ1) is 15.1. The summed E-state index contributed by atoms with van der Waals surface area (Å²) in [6.07, 6.45) is 0. The number of carbonyl (C=O) groups is 1. The van der Waals surface area contributed by atoms with E-state index in [0.717, 1.165) is 16.6 Å². The van der Waals surface area contributed by atoms with Crippen molar-refractivity contribution >= 4 is 28.2 Å². The van der Waals surface area contributed by atoms with Gasteiger partial charge in [0.2, 0.25) is 0 Å². The van der Waals surface area contributed by atoms with E-state index in [4.69, 9.17) is 9.36 Å². The van der Waals surface area contributed by atoms with Crippen LogP contribution in [0, 0.1) is 13.8 Å². The molecule has 2 aromatic carbocycles. The summed E-state index contributed by atoms with van der Waals surface area (Å²) < 4.78 is 5.20. The number of hydrogen-bond acceptors (Lipinski definition) is 5. The zero-order valence-corrected chi connectivity index (χ0v) is 13.1. The monoisotopic (exact) mass is 311 g/mol. The van der Waals surface area contributed by atoms with Crippen LogP contribution in [-0.4, -0.2) is 18.2 Å². The van der Waals surface area contributed by atoms with Crippen LogP contribution in [0.5, 0.6) is 0 Å². The van der Waals surface area contributed by atoms with E-state index in [9.17, 15) is 4.79 Å². The lowest BCUT2D eigenvalue weighted by Crippen LogP contribution is -2.22. The fraction of sp³-hybridized carbons (Fsp3) is 0.176. The maximum absolute atomic E-state index is 12.3. The highest BCUT2D eigenvalue weighted by molar-refractivity contribution is 6.04. The van der Waals surface area contributed by atoms with Crippen LogP contribution in [-0.2, 0) is 4.84 Å². The van der Waals surface area contributed by atoms with Gasteiger partial charge in [0.1, 0.15) is 11.3 Å². The van der Waals surface area contributed by atoms with Gasteiger partial charge < -0.3 is 9.84 Å². The van der Waals surface area contributed by atoms with Gasteiger partial charge >= 0.3 is 0 Å². The Kier molecular flexibility index (Phi) is 3.99. The van der Waals surface area contributed by atoms with Gasteiger partial charge in [0, 0.05) is 11.1 Å². The second-order valence-electron chi connectivity index (χ2n) is 5.23. The fourth-order valence-corrected chi connectivity index (χ4v) is 2.41. The molecule has 0 radical (unpaired) electrons. The molecule has 0 fully saturated rings. The molecule has 3 rings (SSSR count). The Bertz CT molecular complexity index is 871. The maximum Gasteiger partial charge on any atom is 0.276 e. The molecule has 0 bridgehead atoms. The summed E-state index contributed by atoms with van der Waals surface area (Å²) in [5, 5.41) is 8.09.